The van der Waals surface area contributed by atoms with Gasteiger partial charge in [-0.05, 0) is 30.1 Å². The smallest absolute Gasteiger partial charge is 0.0394 e. The first kappa shape index (κ1) is 15.5. The average molecular weight is 186 g/mol. The van der Waals surface area contributed by atoms with Gasteiger partial charge in [0.15, 0.2) is 0 Å². The van der Waals surface area contributed by atoms with Crippen LogP contribution in [0.1, 0.15) is 61.8 Å². The molecule has 0 aromatic rings. The van der Waals surface area contributed by atoms with Gasteiger partial charge in [-0.15, -0.1) is 0 Å². The van der Waals surface area contributed by atoms with Gasteiger partial charge in [0.2, 0.25) is 0 Å². The second kappa shape index (κ2) is 8.59. The van der Waals surface area contributed by atoms with E-state index in [0.29, 0.717) is 0 Å². The third-order valence-electron chi connectivity index (χ3n) is 2.79. The van der Waals surface area contributed by atoms with Crippen molar-refractivity contribution in [3.8, 4) is 0 Å². The van der Waals surface area contributed by atoms with Crippen molar-refractivity contribution >= 4 is 0 Å². The summed E-state index contributed by atoms with van der Waals surface area (Å²) in [5, 5.41) is 0. The molecule has 0 saturated heterocycles. The van der Waals surface area contributed by atoms with Gasteiger partial charge in [-0.3, -0.25) is 0 Å². The van der Waals surface area contributed by atoms with Crippen molar-refractivity contribution in [2.24, 2.45) is 23.7 Å². The molecule has 0 aromatic heterocycles. The van der Waals surface area contributed by atoms with E-state index in [1.807, 2.05) is 13.8 Å². The maximum absolute atomic E-state index is 2.38. The number of hydrogen-bond donors (Lipinski definition) is 0. The lowest BCUT2D eigenvalue weighted by atomic mass is 9.82. The van der Waals surface area contributed by atoms with Crippen molar-refractivity contribution in [3.63, 3.8) is 0 Å². The molecule has 2 unspecified atom stereocenters. The van der Waals surface area contributed by atoms with Crippen LogP contribution in [0.2, 0.25) is 0 Å². The van der Waals surface area contributed by atoms with Gasteiger partial charge in [0.25, 0.3) is 0 Å². The van der Waals surface area contributed by atoms with Crippen LogP contribution in [-0.4, -0.2) is 0 Å². The summed E-state index contributed by atoms with van der Waals surface area (Å²) in [5.41, 5.74) is 0. The molecule has 2 atom stereocenters. The van der Waals surface area contributed by atoms with Crippen LogP contribution in [0, 0.1) is 23.7 Å². The zero-order valence-electron chi connectivity index (χ0n) is 11.0. The first-order valence-electron chi connectivity index (χ1n) is 5.95. The molecule has 82 valence electrons. The summed E-state index contributed by atoms with van der Waals surface area (Å²) in [4.78, 5) is 0. The lowest BCUT2D eigenvalue weighted by Crippen LogP contribution is -2.15. The molecule has 13 heavy (non-hydrogen) atoms. The highest BCUT2D eigenvalue weighted by molar-refractivity contribution is 4.66. The van der Waals surface area contributed by atoms with Crippen LogP contribution < -0.4 is 0 Å². The highest BCUT2D eigenvalue weighted by Crippen LogP contribution is 2.25. The minimum atomic E-state index is 0.837. The molecule has 0 aromatic carbocycles. The third-order valence-corrected chi connectivity index (χ3v) is 2.79. The van der Waals surface area contributed by atoms with Gasteiger partial charge in [-0.2, -0.15) is 0 Å². The second-order valence-electron chi connectivity index (χ2n) is 4.71. The van der Waals surface area contributed by atoms with Crippen LogP contribution >= 0.6 is 0 Å². The number of rotatable bonds is 4. The molecule has 0 rings (SSSR count). The Morgan fingerprint density at radius 1 is 0.769 bits per heavy atom. The van der Waals surface area contributed by atoms with Crippen molar-refractivity contribution < 1.29 is 0 Å². The quantitative estimate of drug-likeness (QED) is 0.580. The van der Waals surface area contributed by atoms with Crippen LogP contribution in [0.4, 0.5) is 0 Å². The molecule has 0 bridgehead atoms. The molecular formula is C13H30. The van der Waals surface area contributed by atoms with E-state index in [9.17, 15) is 0 Å². The number of hydrogen-bond acceptors (Lipinski definition) is 0. The molecular weight excluding hydrogens is 156 g/mol. The summed E-state index contributed by atoms with van der Waals surface area (Å²) in [6.45, 7) is 18.0. The molecule has 0 heteroatoms. The fraction of sp³-hybridized carbons (Fsp3) is 1.00. The van der Waals surface area contributed by atoms with Gasteiger partial charge >= 0.3 is 0 Å². The highest BCUT2D eigenvalue weighted by Gasteiger charge is 2.16. The standard InChI is InChI=1S/C11H24.C2H6/c1-8(2)7-10(5)11(6)9(3)4;1-2/h8-11H,7H2,1-6H3;1-2H3. The predicted octanol–water partition coefficient (Wildman–Crippen LogP) is 4.99. The van der Waals surface area contributed by atoms with Crippen LogP contribution in [0.5, 0.6) is 0 Å². The van der Waals surface area contributed by atoms with Crippen molar-refractivity contribution in [2.75, 3.05) is 0 Å². The molecule has 0 aliphatic rings. The Morgan fingerprint density at radius 2 is 1.15 bits per heavy atom. The highest BCUT2D eigenvalue weighted by atomic mass is 14.2. The Morgan fingerprint density at radius 3 is 1.38 bits per heavy atom. The topological polar surface area (TPSA) is 0 Å². The molecule has 0 aliphatic heterocycles. The van der Waals surface area contributed by atoms with Gasteiger partial charge in [-0.25, -0.2) is 0 Å². The van der Waals surface area contributed by atoms with E-state index in [1.165, 1.54) is 6.42 Å². The minimum absolute atomic E-state index is 0.837. The summed E-state index contributed by atoms with van der Waals surface area (Å²) in [5.74, 6) is 3.45. The van der Waals surface area contributed by atoms with Gasteiger partial charge in [0.1, 0.15) is 0 Å². The van der Waals surface area contributed by atoms with Crippen LogP contribution in [0.25, 0.3) is 0 Å². The SMILES string of the molecule is CC.CC(C)CC(C)C(C)C(C)C. The Labute approximate surface area is 86.1 Å². The summed E-state index contributed by atoms with van der Waals surface area (Å²) >= 11 is 0. The third kappa shape index (κ3) is 8.33. The molecule has 0 spiro atoms. The minimum Gasteiger partial charge on any atom is -0.0683 e. The maximum Gasteiger partial charge on any atom is -0.0394 e. The summed E-state index contributed by atoms with van der Waals surface area (Å²) in [6, 6.07) is 0. The first-order chi connectivity index (χ1) is 5.95. The van der Waals surface area contributed by atoms with Gasteiger partial charge < -0.3 is 0 Å². The second-order valence-corrected chi connectivity index (χ2v) is 4.71. The first-order valence-corrected chi connectivity index (χ1v) is 5.95. The Bertz CT molecular complexity index is 92.2. The Hall–Kier alpha value is 0. The van der Waals surface area contributed by atoms with E-state index in [2.05, 4.69) is 41.5 Å². The average Bonchev–Trinajstić information content (AvgIpc) is 2.05. The van der Waals surface area contributed by atoms with Crippen LogP contribution in [0.3, 0.4) is 0 Å². The fourth-order valence-electron chi connectivity index (χ4n) is 1.62. The van der Waals surface area contributed by atoms with E-state index in [0.717, 1.165) is 23.7 Å². The van der Waals surface area contributed by atoms with E-state index in [4.69, 9.17) is 0 Å². The maximum atomic E-state index is 2.38. The summed E-state index contributed by atoms with van der Waals surface area (Å²) in [6.07, 6.45) is 1.37. The van der Waals surface area contributed by atoms with Gasteiger partial charge in [-0.1, -0.05) is 55.4 Å². The Balaban J connectivity index is 0. The summed E-state index contributed by atoms with van der Waals surface area (Å²) in [7, 11) is 0. The molecule has 0 N–H and O–H groups in total. The molecule has 0 aliphatic carbocycles. The molecule has 0 nitrogen and oxygen atoms in total. The van der Waals surface area contributed by atoms with Crippen molar-refractivity contribution in [1.82, 2.24) is 0 Å². The Kier molecular flexibility index (Phi) is 10.2. The van der Waals surface area contributed by atoms with E-state index >= 15 is 0 Å². The van der Waals surface area contributed by atoms with Gasteiger partial charge in [0.05, 0.1) is 0 Å². The lowest BCUT2D eigenvalue weighted by molar-refractivity contribution is 0.258. The largest absolute Gasteiger partial charge is 0.0683 e. The molecule has 0 fully saturated rings. The predicted molar refractivity (Wildman–Crippen MR) is 64.0 cm³/mol. The molecule has 0 amide bonds. The van der Waals surface area contributed by atoms with Crippen molar-refractivity contribution in [3.05, 3.63) is 0 Å². The summed E-state index contributed by atoms with van der Waals surface area (Å²) < 4.78 is 0. The van der Waals surface area contributed by atoms with Crippen LogP contribution in [-0.2, 0) is 0 Å². The van der Waals surface area contributed by atoms with E-state index in [1.54, 1.807) is 0 Å². The fourth-order valence-corrected chi connectivity index (χ4v) is 1.62. The zero-order chi connectivity index (χ0) is 11.0. The monoisotopic (exact) mass is 186 g/mol. The molecule has 0 heterocycles. The normalized spacial score (nSPS) is 15.2. The lowest BCUT2D eigenvalue weighted by Gasteiger charge is -2.24. The molecule has 0 radical (unpaired) electrons. The van der Waals surface area contributed by atoms with Crippen molar-refractivity contribution in [2.45, 2.75) is 61.8 Å². The van der Waals surface area contributed by atoms with Gasteiger partial charge in [0, 0.05) is 0 Å². The van der Waals surface area contributed by atoms with E-state index < -0.39 is 0 Å². The van der Waals surface area contributed by atoms with Crippen molar-refractivity contribution in [1.29, 1.82) is 0 Å². The van der Waals surface area contributed by atoms with E-state index in [-0.39, 0.29) is 0 Å². The zero-order valence-corrected chi connectivity index (χ0v) is 11.0. The van der Waals surface area contributed by atoms with Crippen LogP contribution in [0.15, 0.2) is 0 Å². The molecule has 0 saturated carbocycles.